The molecule has 0 saturated carbocycles. The van der Waals surface area contributed by atoms with Gasteiger partial charge in [-0.2, -0.15) is 0 Å². The minimum absolute atomic E-state index is 0.268. The number of nitrogens with one attached hydrogen (secondary N) is 1. The van der Waals surface area contributed by atoms with Crippen LogP contribution in [-0.2, 0) is 15.9 Å². The molecule has 0 spiro atoms. The second-order valence-electron chi connectivity index (χ2n) is 4.48. The second kappa shape index (κ2) is 8.25. The van der Waals surface area contributed by atoms with Crippen molar-refractivity contribution >= 4 is 17.7 Å². The minimum atomic E-state index is -0.662. The molecular weight excluding hydrogens is 294 g/mol. The van der Waals surface area contributed by atoms with Crippen molar-refractivity contribution in [1.82, 2.24) is 0 Å². The Bertz CT molecular complexity index is 744. The maximum Gasteiger partial charge on any atom is 0.425 e. The molecule has 0 saturated heterocycles. The number of benzene rings is 2. The summed E-state index contributed by atoms with van der Waals surface area (Å²) in [6.07, 6.45) is 1.93. The first kappa shape index (κ1) is 16.1. The normalized spacial score (nSPS) is 9.26. The van der Waals surface area contributed by atoms with E-state index in [2.05, 4.69) is 17.3 Å². The molecule has 116 valence electrons. The summed E-state index contributed by atoms with van der Waals surface area (Å²) in [7, 11) is 1.32. The van der Waals surface area contributed by atoms with Gasteiger partial charge in [0.15, 0.2) is 0 Å². The van der Waals surface area contributed by atoms with E-state index in [1.807, 2.05) is 6.07 Å². The van der Waals surface area contributed by atoms with Gasteiger partial charge in [-0.25, -0.2) is 9.59 Å². The van der Waals surface area contributed by atoms with Gasteiger partial charge in [0.2, 0.25) is 0 Å². The molecule has 0 atom stereocenters. The van der Waals surface area contributed by atoms with Gasteiger partial charge < -0.3 is 9.47 Å². The second-order valence-corrected chi connectivity index (χ2v) is 4.48. The number of methoxy groups -OCH3 is 1. The Morgan fingerprint density at radius 3 is 2.48 bits per heavy atom. The van der Waals surface area contributed by atoms with E-state index in [-0.39, 0.29) is 6.42 Å². The highest BCUT2D eigenvalue weighted by Gasteiger charge is 2.09. The molecule has 0 radical (unpaired) electrons. The summed E-state index contributed by atoms with van der Waals surface area (Å²) in [5.74, 6) is 2.27. The molecule has 5 heteroatoms. The van der Waals surface area contributed by atoms with Gasteiger partial charge in [0, 0.05) is 12.1 Å². The molecule has 0 bridgehead atoms. The Kier molecular flexibility index (Phi) is 5.78. The molecule has 0 heterocycles. The number of esters is 1. The SMILES string of the molecule is COC(=O)c1ccccc1CC#COC(=O)Nc1ccccc1. The fourth-order valence-corrected chi connectivity index (χ4v) is 1.86. The van der Waals surface area contributed by atoms with Crippen molar-refractivity contribution in [3.8, 4) is 12.0 Å². The predicted octanol–water partition coefficient (Wildman–Crippen LogP) is 3.23. The van der Waals surface area contributed by atoms with Crippen molar-refractivity contribution in [2.45, 2.75) is 6.42 Å². The highest BCUT2D eigenvalue weighted by molar-refractivity contribution is 5.91. The predicted molar refractivity (Wildman–Crippen MR) is 85.8 cm³/mol. The molecule has 0 aromatic heterocycles. The van der Waals surface area contributed by atoms with E-state index in [4.69, 9.17) is 9.47 Å². The number of hydrogen-bond donors (Lipinski definition) is 1. The van der Waals surface area contributed by atoms with Crippen LogP contribution >= 0.6 is 0 Å². The molecule has 1 N–H and O–H groups in total. The average Bonchev–Trinajstić information content (AvgIpc) is 2.59. The number of carbonyl (C=O) groups is 2. The number of hydrogen-bond acceptors (Lipinski definition) is 4. The zero-order chi connectivity index (χ0) is 16.5. The van der Waals surface area contributed by atoms with E-state index in [0.717, 1.165) is 0 Å². The Morgan fingerprint density at radius 2 is 1.74 bits per heavy atom. The summed E-state index contributed by atoms with van der Waals surface area (Å²) in [6, 6.07) is 15.9. The Hall–Kier alpha value is -3.26. The van der Waals surface area contributed by atoms with Gasteiger partial charge in [-0.15, -0.1) is 0 Å². The highest BCUT2D eigenvalue weighted by Crippen LogP contribution is 2.10. The minimum Gasteiger partial charge on any atom is -0.465 e. The zero-order valence-electron chi connectivity index (χ0n) is 12.5. The van der Waals surface area contributed by atoms with E-state index in [1.54, 1.807) is 48.5 Å². The molecule has 1 amide bonds. The largest absolute Gasteiger partial charge is 0.465 e. The van der Waals surface area contributed by atoms with E-state index >= 15 is 0 Å². The molecule has 0 aliphatic rings. The number of amides is 1. The third-order valence-electron chi connectivity index (χ3n) is 2.94. The molecule has 0 aliphatic heterocycles. The lowest BCUT2D eigenvalue weighted by Gasteiger charge is -2.04. The van der Waals surface area contributed by atoms with Crippen LogP contribution < -0.4 is 5.32 Å². The fourth-order valence-electron chi connectivity index (χ4n) is 1.86. The maximum atomic E-state index is 11.6. The quantitative estimate of drug-likeness (QED) is 0.698. The molecule has 2 rings (SSSR count). The van der Waals surface area contributed by atoms with Crippen LogP contribution in [0.15, 0.2) is 54.6 Å². The van der Waals surface area contributed by atoms with Crippen LogP contribution in [0.1, 0.15) is 15.9 Å². The van der Waals surface area contributed by atoms with Gasteiger partial charge in [-0.3, -0.25) is 5.32 Å². The maximum absolute atomic E-state index is 11.6. The fraction of sp³-hybridized carbons (Fsp3) is 0.111. The first-order valence-electron chi connectivity index (χ1n) is 6.87. The lowest BCUT2D eigenvalue weighted by atomic mass is 10.1. The van der Waals surface area contributed by atoms with E-state index < -0.39 is 12.1 Å². The summed E-state index contributed by atoms with van der Waals surface area (Å²) in [4.78, 5) is 23.1. The molecule has 0 unspecified atom stereocenters. The van der Waals surface area contributed by atoms with Gasteiger partial charge in [-0.1, -0.05) is 42.3 Å². The van der Waals surface area contributed by atoms with Crippen LogP contribution in [0.2, 0.25) is 0 Å². The lowest BCUT2D eigenvalue weighted by molar-refractivity contribution is 0.0599. The van der Waals surface area contributed by atoms with Gasteiger partial charge in [0.05, 0.1) is 12.7 Å². The van der Waals surface area contributed by atoms with Crippen LogP contribution in [0, 0.1) is 12.0 Å². The van der Waals surface area contributed by atoms with Gasteiger partial charge in [-0.05, 0) is 23.8 Å². The van der Waals surface area contributed by atoms with E-state index in [0.29, 0.717) is 16.8 Å². The molecule has 0 fully saturated rings. The van der Waals surface area contributed by atoms with Crippen LogP contribution in [0.25, 0.3) is 0 Å². The average molecular weight is 309 g/mol. The zero-order valence-corrected chi connectivity index (χ0v) is 12.5. The van der Waals surface area contributed by atoms with Crippen molar-refractivity contribution in [2.75, 3.05) is 12.4 Å². The van der Waals surface area contributed by atoms with Crippen LogP contribution in [0.3, 0.4) is 0 Å². The summed E-state index contributed by atoms with van der Waals surface area (Å²) in [5, 5.41) is 2.54. The van der Waals surface area contributed by atoms with Crippen LogP contribution in [0.4, 0.5) is 10.5 Å². The topological polar surface area (TPSA) is 64.6 Å². The number of anilines is 1. The molecule has 0 aliphatic carbocycles. The van der Waals surface area contributed by atoms with Gasteiger partial charge in [0.1, 0.15) is 6.11 Å². The summed E-state index contributed by atoms with van der Waals surface area (Å²) in [5.41, 5.74) is 1.77. The standard InChI is InChI=1S/C18H15NO4/c1-22-17(20)16-12-6-5-8-14(16)9-7-13-23-18(21)19-15-10-3-2-4-11-15/h2-6,8,10-12H,9H2,1H3,(H,19,21). The molecule has 2 aromatic rings. The van der Waals surface area contributed by atoms with E-state index in [9.17, 15) is 9.59 Å². The van der Waals surface area contributed by atoms with Crippen molar-refractivity contribution in [2.24, 2.45) is 0 Å². The lowest BCUT2D eigenvalue weighted by Crippen LogP contribution is -2.10. The molecule has 2 aromatic carbocycles. The number of para-hydroxylation sites is 1. The Labute approximate surface area is 134 Å². The summed E-state index contributed by atoms with van der Waals surface area (Å²) >= 11 is 0. The number of rotatable bonds is 3. The summed E-state index contributed by atoms with van der Waals surface area (Å²) < 4.78 is 9.47. The third kappa shape index (κ3) is 4.90. The molecular formula is C18H15NO4. The highest BCUT2D eigenvalue weighted by atomic mass is 16.5. The first-order chi connectivity index (χ1) is 11.2. The Balaban J connectivity index is 1.91. The number of carbonyl (C=O) groups excluding carboxylic acids is 2. The van der Waals surface area contributed by atoms with Gasteiger partial charge >= 0.3 is 12.1 Å². The van der Waals surface area contributed by atoms with Crippen molar-refractivity contribution in [1.29, 1.82) is 0 Å². The Morgan fingerprint density at radius 1 is 1.04 bits per heavy atom. The van der Waals surface area contributed by atoms with Crippen LogP contribution in [0.5, 0.6) is 0 Å². The van der Waals surface area contributed by atoms with Gasteiger partial charge in [0.25, 0.3) is 0 Å². The number of ether oxygens (including phenoxy) is 2. The molecule has 5 nitrogen and oxygen atoms in total. The molecule has 23 heavy (non-hydrogen) atoms. The summed E-state index contributed by atoms with van der Waals surface area (Å²) in [6.45, 7) is 0. The first-order valence-corrected chi connectivity index (χ1v) is 6.87. The smallest absolute Gasteiger partial charge is 0.425 e. The third-order valence-corrected chi connectivity index (χ3v) is 2.94. The van der Waals surface area contributed by atoms with Crippen molar-refractivity contribution in [3.63, 3.8) is 0 Å². The van der Waals surface area contributed by atoms with Crippen molar-refractivity contribution < 1.29 is 19.1 Å². The van der Waals surface area contributed by atoms with E-state index in [1.165, 1.54) is 7.11 Å². The van der Waals surface area contributed by atoms with Crippen LogP contribution in [-0.4, -0.2) is 19.2 Å². The van der Waals surface area contributed by atoms with Crippen molar-refractivity contribution in [3.05, 3.63) is 65.7 Å². The monoisotopic (exact) mass is 309 g/mol.